The molecule has 0 unspecified atom stereocenters. The molecule has 0 radical (unpaired) electrons. The van der Waals surface area contributed by atoms with Crippen molar-refractivity contribution in [2.75, 3.05) is 0 Å². The molecule has 1 saturated carbocycles. The Hall–Kier alpha value is -1.05. The summed E-state index contributed by atoms with van der Waals surface area (Å²) >= 11 is 4.56. The molecule has 0 spiro atoms. The Morgan fingerprint density at radius 1 is 1.00 bits per heavy atom. The van der Waals surface area contributed by atoms with E-state index in [2.05, 4.69) is 29.3 Å². The van der Waals surface area contributed by atoms with Gasteiger partial charge in [0.05, 0.1) is 5.16 Å². The first-order valence-corrected chi connectivity index (χ1v) is 11.0. The molecule has 0 amide bonds. The Labute approximate surface area is 164 Å². The summed E-state index contributed by atoms with van der Waals surface area (Å²) in [5, 5.41) is 2.24. The highest BCUT2D eigenvalue weighted by atomic mass is 32.1. The molecule has 2 rings (SSSR count). The van der Waals surface area contributed by atoms with Crippen molar-refractivity contribution >= 4 is 23.1 Å². The number of benzene rings is 1. The van der Waals surface area contributed by atoms with Gasteiger partial charge in [-0.25, -0.2) is 4.39 Å². The van der Waals surface area contributed by atoms with Crippen molar-refractivity contribution in [1.82, 2.24) is 0 Å². The van der Waals surface area contributed by atoms with Crippen LogP contribution in [0.5, 0.6) is 0 Å². The highest BCUT2D eigenvalue weighted by Gasteiger charge is 2.22. The SMILES string of the molecule is CCCCCCCCCCC1CCC(c2ccc(N=C=S)c(F)c2)CC1. The third-order valence-electron chi connectivity index (χ3n) is 5.92. The van der Waals surface area contributed by atoms with E-state index in [4.69, 9.17) is 0 Å². The zero-order valence-corrected chi connectivity index (χ0v) is 17.1. The van der Waals surface area contributed by atoms with Crippen molar-refractivity contribution in [1.29, 1.82) is 0 Å². The van der Waals surface area contributed by atoms with Crippen LogP contribution in [0.25, 0.3) is 0 Å². The maximum atomic E-state index is 14.0. The second-order valence-electron chi connectivity index (χ2n) is 7.90. The first-order valence-electron chi connectivity index (χ1n) is 10.6. The van der Waals surface area contributed by atoms with E-state index < -0.39 is 0 Å². The molecule has 26 heavy (non-hydrogen) atoms. The van der Waals surface area contributed by atoms with E-state index >= 15 is 0 Å². The number of unbranched alkanes of at least 4 members (excludes halogenated alkanes) is 7. The maximum Gasteiger partial charge on any atom is 0.149 e. The van der Waals surface area contributed by atoms with Gasteiger partial charge in [0.1, 0.15) is 11.5 Å². The van der Waals surface area contributed by atoms with Crippen LogP contribution in [0.15, 0.2) is 23.2 Å². The molecule has 1 aliphatic carbocycles. The fourth-order valence-electron chi connectivity index (χ4n) is 4.27. The van der Waals surface area contributed by atoms with E-state index in [9.17, 15) is 4.39 Å². The van der Waals surface area contributed by atoms with Gasteiger partial charge in [-0.3, -0.25) is 0 Å². The number of hydrogen-bond donors (Lipinski definition) is 0. The minimum atomic E-state index is -0.277. The fourth-order valence-corrected chi connectivity index (χ4v) is 4.37. The standard InChI is InChI=1S/C23H34FNS/c1-2-3-4-5-6-7-8-9-10-19-11-13-20(14-12-19)21-15-16-23(25-18-26)22(24)17-21/h15-17,19-20H,2-14H2,1H3. The van der Waals surface area contributed by atoms with Crippen molar-refractivity contribution in [2.24, 2.45) is 10.9 Å². The van der Waals surface area contributed by atoms with Crippen molar-refractivity contribution < 1.29 is 4.39 Å². The molecular weight excluding hydrogens is 341 g/mol. The lowest BCUT2D eigenvalue weighted by Gasteiger charge is -2.29. The average Bonchev–Trinajstić information content (AvgIpc) is 2.66. The van der Waals surface area contributed by atoms with E-state index in [-0.39, 0.29) is 5.82 Å². The van der Waals surface area contributed by atoms with E-state index in [1.54, 1.807) is 12.1 Å². The van der Waals surface area contributed by atoms with Gasteiger partial charge in [0.15, 0.2) is 0 Å². The molecule has 0 aromatic heterocycles. The predicted molar refractivity (Wildman–Crippen MR) is 113 cm³/mol. The molecule has 1 aromatic carbocycles. The fraction of sp³-hybridized carbons (Fsp3) is 0.696. The summed E-state index contributed by atoms with van der Waals surface area (Å²) in [7, 11) is 0. The lowest BCUT2D eigenvalue weighted by molar-refractivity contribution is 0.301. The van der Waals surface area contributed by atoms with Crippen LogP contribution in [0.3, 0.4) is 0 Å². The van der Waals surface area contributed by atoms with E-state index in [0.29, 0.717) is 11.6 Å². The lowest BCUT2D eigenvalue weighted by atomic mass is 9.77. The first kappa shape index (κ1) is 21.3. The van der Waals surface area contributed by atoms with Crippen molar-refractivity contribution in [2.45, 2.75) is 96.3 Å². The molecule has 0 bridgehead atoms. The summed E-state index contributed by atoms with van der Waals surface area (Å²) in [5.41, 5.74) is 1.42. The highest BCUT2D eigenvalue weighted by Crippen LogP contribution is 2.38. The van der Waals surface area contributed by atoms with Gasteiger partial charge in [-0.1, -0.05) is 70.8 Å². The normalized spacial score (nSPS) is 19.9. The van der Waals surface area contributed by atoms with Crippen LogP contribution >= 0.6 is 12.2 Å². The number of isothiocyanates is 1. The third-order valence-corrected chi connectivity index (χ3v) is 6.01. The van der Waals surface area contributed by atoms with Gasteiger partial charge in [0, 0.05) is 0 Å². The van der Waals surface area contributed by atoms with Gasteiger partial charge in [-0.2, -0.15) is 4.99 Å². The van der Waals surface area contributed by atoms with E-state index in [1.807, 2.05) is 6.07 Å². The summed E-state index contributed by atoms with van der Waals surface area (Å²) in [6, 6.07) is 5.39. The number of thiocarbonyl (C=S) groups is 1. The van der Waals surface area contributed by atoms with Crippen LogP contribution < -0.4 is 0 Å². The minimum absolute atomic E-state index is 0.277. The Kier molecular flexibility index (Phi) is 10.1. The van der Waals surface area contributed by atoms with Gasteiger partial charge in [-0.15, -0.1) is 0 Å². The van der Waals surface area contributed by atoms with Crippen LogP contribution in [0, 0.1) is 11.7 Å². The summed E-state index contributed by atoms with van der Waals surface area (Å²) in [6.07, 6.45) is 17.6. The number of halogens is 1. The Morgan fingerprint density at radius 3 is 2.27 bits per heavy atom. The van der Waals surface area contributed by atoms with Gasteiger partial charge in [0.2, 0.25) is 0 Å². The van der Waals surface area contributed by atoms with E-state index in [0.717, 1.165) is 11.5 Å². The van der Waals surface area contributed by atoms with E-state index in [1.165, 1.54) is 83.5 Å². The van der Waals surface area contributed by atoms with Crippen LogP contribution in [-0.2, 0) is 0 Å². The quantitative estimate of drug-likeness (QED) is 0.215. The van der Waals surface area contributed by atoms with Gasteiger partial charge in [-0.05, 0) is 67.4 Å². The van der Waals surface area contributed by atoms with Gasteiger partial charge >= 0.3 is 0 Å². The van der Waals surface area contributed by atoms with Crippen LogP contribution in [0.2, 0.25) is 0 Å². The van der Waals surface area contributed by atoms with Crippen molar-refractivity contribution in [3.8, 4) is 0 Å². The topological polar surface area (TPSA) is 12.4 Å². The van der Waals surface area contributed by atoms with Crippen LogP contribution in [0.4, 0.5) is 10.1 Å². The second-order valence-corrected chi connectivity index (χ2v) is 8.08. The van der Waals surface area contributed by atoms with Crippen LogP contribution in [-0.4, -0.2) is 5.16 Å². The molecule has 0 heterocycles. The smallest absolute Gasteiger partial charge is 0.149 e. The Morgan fingerprint density at radius 2 is 1.65 bits per heavy atom. The predicted octanol–water partition coefficient (Wildman–Crippen LogP) is 8.36. The van der Waals surface area contributed by atoms with Crippen LogP contribution in [0.1, 0.15) is 102 Å². The molecule has 0 saturated heterocycles. The number of rotatable bonds is 11. The summed E-state index contributed by atoms with van der Waals surface area (Å²) in [4.78, 5) is 3.76. The molecule has 1 aliphatic rings. The molecule has 0 atom stereocenters. The number of hydrogen-bond acceptors (Lipinski definition) is 2. The molecule has 1 aromatic rings. The number of nitrogens with zero attached hydrogens (tertiary/aromatic N) is 1. The summed E-state index contributed by atoms with van der Waals surface area (Å²) < 4.78 is 14.0. The zero-order chi connectivity index (χ0) is 18.6. The number of aliphatic imine (C=N–C) groups is 1. The van der Waals surface area contributed by atoms with Gasteiger partial charge in [0.25, 0.3) is 0 Å². The molecule has 1 fully saturated rings. The Balaban J connectivity index is 1.63. The maximum absolute atomic E-state index is 14.0. The molecule has 1 nitrogen and oxygen atoms in total. The summed E-state index contributed by atoms with van der Waals surface area (Å²) in [6.45, 7) is 2.27. The molecular formula is C23H34FNS. The molecule has 144 valence electrons. The largest absolute Gasteiger partial charge is 0.205 e. The summed E-state index contributed by atoms with van der Waals surface area (Å²) in [5.74, 6) is 1.11. The highest BCUT2D eigenvalue weighted by molar-refractivity contribution is 7.78. The van der Waals surface area contributed by atoms with Crippen molar-refractivity contribution in [3.05, 3.63) is 29.6 Å². The second kappa shape index (κ2) is 12.4. The average molecular weight is 376 g/mol. The molecule has 3 heteroatoms. The first-order chi connectivity index (χ1) is 12.7. The van der Waals surface area contributed by atoms with Gasteiger partial charge < -0.3 is 0 Å². The van der Waals surface area contributed by atoms with Crippen molar-refractivity contribution in [3.63, 3.8) is 0 Å². The molecule has 0 aliphatic heterocycles. The zero-order valence-electron chi connectivity index (χ0n) is 16.3. The molecule has 0 N–H and O–H groups in total. The monoisotopic (exact) mass is 375 g/mol. The Bertz CT molecular complexity index is 572. The minimum Gasteiger partial charge on any atom is -0.205 e. The lowest BCUT2D eigenvalue weighted by Crippen LogP contribution is -2.13. The third kappa shape index (κ3) is 7.29.